The van der Waals surface area contributed by atoms with Gasteiger partial charge in [0.05, 0.1) is 11.8 Å². The SMILES string of the molecule is O=C(C1CCC(C(F)(F)F)CC1)C1CCC(C(F)(F)F)CC1. The number of halogens is 6. The number of hydrogen-bond donors (Lipinski definition) is 0. The van der Waals surface area contributed by atoms with Crippen LogP contribution >= 0.6 is 0 Å². The van der Waals surface area contributed by atoms with Gasteiger partial charge in [0, 0.05) is 11.8 Å². The highest BCUT2D eigenvalue weighted by Crippen LogP contribution is 2.43. The van der Waals surface area contributed by atoms with Gasteiger partial charge in [-0.2, -0.15) is 26.3 Å². The maximum Gasteiger partial charge on any atom is 0.391 e. The fourth-order valence-corrected chi connectivity index (χ4v) is 3.74. The van der Waals surface area contributed by atoms with Crippen LogP contribution in [0.5, 0.6) is 0 Å². The topological polar surface area (TPSA) is 17.1 Å². The van der Waals surface area contributed by atoms with Crippen molar-refractivity contribution in [1.29, 1.82) is 0 Å². The average molecular weight is 330 g/mol. The zero-order valence-corrected chi connectivity index (χ0v) is 12.1. The van der Waals surface area contributed by atoms with E-state index >= 15 is 0 Å². The van der Waals surface area contributed by atoms with Gasteiger partial charge in [0.2, 0.25) is 0 Å². The third-order valence-corrected chi connectivity index (χ3v) is 5.18. The molecule has 2 fully saturated rings. The summed E-state index contributed by atoms with van der Waals surface area (Å²) in [6.45, 7) is 0. The number of hydrogen-bond acceptors (Lipinski definition) is 1. The summed E-state index contributed by atoms with van der Waals surface area (Å²) < 4.78 is 75.5. The van der Waals surface area contributed by atoms with Crippen molar-refractivity contribution in [2.45, 2.75) is 63.7 Å². The first-order valence-corrected chi connectivity index (χ1v) is 7.76. The maximum atomic E-state index is 12.6. The summed E-state index contributed by atoms with van der Waals surface area (Å²) in [6, 6.07) is 0. The second-order valence-corrected chi connectivity index (χ2v) is 6.58. The van der Waals surface area contributed by atoms with Crippen molar-refractivity contribution < 1.29 is 31.1 Å². The van der Waals surface area contributed by atoms with Gasteiger partial charge in [0.25, 0.3) is 0 Å². The van der Waals surface area contributed by atoms with Crippen molar-refractivity contribution in [2.75, 3.05) is 0 Å². The van der Waals surface area contributed by atoms with E-state index < -0.39 is 36.0 Å². The number of ketones is 1. The molecule has 0 heterocycles. The standard InChI is InChI=1S/C15H20F6O/c16-14(17,18)11-5-1-9(2-6-11)13(22)10-3-7-12(8-4-10)15(19,20)21/h9-12H,1-8H2. The van der Waals surface area contributed by atoms with E-state index in [1.807, 2.05) is 0 Å². The molecule has 0 radical (unpaired) electrons. The van der Waals surface area contributed by atoms with E-state index in [1.54, 1.807) is 0 Å². The first kappa shape index (κ1) is 17.6. The molecule has 0 aromatic carbocycles. The number of carbonyl (C=O) groups excluding carboxylic acids is 1. The van der Waals surface area contributed by atoms with Crippen LogP contribution in [-0.2, 0) is 4.79 Å². The molecule has 0 bridgehead atoms. The van der Waals surface area contributed by atoms with Crippen molar-refractivity contribution in [3.8, 4) is 0 Å². The molecule has 0 atom stereocenters. The van der Waals surface area contributed by atoms with Gasteiger partial charge in [-0.3, -0.25) is 4.79 Å². The predicted molar refractivity (Wildman–Crippen MR) is 68.0 cm³/mol. The van der Waals surface area contributed by atoms with Gasteiger partial charge in [-0.15, -0.1) is 0 Å². The predicted octanol–water partition coefficient (Wildman–Crippen LogP) is 5.29. The van der Waals surface area contributed by atoms with Crippen LogP contribution in [0.15, 0.2) is 0 Å². The van der Waals surface area contributed by atoms with Crippen LogP contribution in [0.1, 0.15) is 51.4 Å². The lowest BCUT2D eigenvalue weighted by molar-refractivity contribution is -0.186. The minimum atomic E-state index is -4.21. The molecule has 0 aromatic rings. The highest BCUT2D eigenvalue weighted by Gasteiger charge is 2.45. The highest BCUT2D eigenvalue weighted by atomic mass is 19.4. The van der Waals surface area contributed by atoms with Crippen LogP contribution < -0.4 is 0 Å². The Morgan fingerprint density at radius 1 is 0.591 bits per heavy atom. The molecule has 0 aromatic heterocycles. The monoisotopic (exact) mass is 330 g/mol. The minimum absolute atomic E-state index is 0.0438. The second kappa shape index (κ2) is 6.40. The molecular weight excluding hydrogens is 310 g/mol. The van der Waals surface area contributed by atoms with Crippen LogP contribution in [0, 0.1) is 23.7 Å². The lowest BCUT2D eigenvalue weighted by Gasteiger charge is -2.34. The first-order chi connectivity index (χ1) is 10.1. The summed E-state index contributed by atoms with van der Waals surface area (Å²) in [5, 5.41) is 0. The smallest absolute Gasteiger partial charge is 0.299 e. The van der Waals surface area contributed by atoms with E-state index in [0.717, 1.165) is 0 Å². The molecule has 0 aliphatic heterocycles. The fraction of sp³-hybridized carbons (Fsp3) is 0.933. The normalized spacial score (nSPS) is 34.5. The Kier molecular flexibility index (Phi) is 5.12. The molecule has 22 heavy (non-hydrogen) atoms. The van der Waals surface area contributed by atoms with E-state index in [4.69, 9.17) is 0 Å². The lowest BCUT2D eigenvalue weighted by Crippen LogP contribution is -2.35. The number of Topliss-reactive ketones (excluding diaryl/α,β-unsaturated/α-hetero) is 1. The third kappa shape index (κ3) is 4.16. The van der Waals surface area contributed by atoms with Gasteiger partial charge in [0.1, 0.15) is 5.78 Å². The van der Waals surface area contributed by atoms with Gasteiger partial charge >= 0.3 is 12.4 Å². The maximum absolute atomic E-state index is 12.6. The summed E-state index contributed by atoms with van der Waals surface area (Å²) >= 11 is 0. The minimum Gasteiger partial charge on any atom is -0.299 e. The van der Waals surface area contributed by atoms with Crippen molar-refractivity contribution in [2.24, 2.45) is 23.7 Å². The summed E-state index contributed by atoms with van der Waals surface area (Å²) in [4.78, 5) is 12.3. The molecule has 0 spiro atoms. The number of carbonyl (C=O) groups is 1. The molecule has 0 amide bonds. The molecule has 0 N–H and O–H groups in total. The van der Waals surface area contributed by atoms with Crippen LogP contribution in [0.2, 0.25) is 0 Å². The summed E-state index contributed by atoms with van der Waals surface area (Å²) in [7, 11) is 0. The number of rotatable bonds is 2. The molecule has 7 heteroatoms. The Morgan fingerprint density at radius 2 is 0.864 bits per heavy atom. The van der Waals surface area contributed by atoms with Crippen molar-refractivity contribution >= 4 is 5.78 Å². The first-order valence-electron chi connectivity index (χ1n) is 7.76. The van der Waals surface area contributed by atoms with Crippen molar-refractivity contribution in [3.63, 3.8) is 0 Å². The van der Waals surface area contributed by atoms with Gasteiger partial charge in [-0.05, 0) is 51.4 Å². The third-order valence-electron chi connectivity index (χ3n) is 5.18. The summed E-state index contributed by atoms with van der Waals surface area (Å²) in [5.74, 6) is -3.58. The lowest BCUT2D eigenvalue weighted by atomic mass is 9.72. The Bertz CT molecular complexity index is 348. The average Bonchev–Trinajstić information content (AvgIpc) is 2.45. The fourth-order valence-electron chi connectivity index (χ4n) is 3.74. The van der Waals surface area contributed by atoms with Crippen LogP contribution in [0.25, 0.3) is 0 Å². The molecule has 128 valence electrons. The van der Waals surface area contributed by atoms with Gasteiger partial charge in [-0.25, -0.2) is 0 Å². The molecular formula is C15H20F6O. The van der Waals surface area contributed by atoms with Gasteiger partial charge < -0.3 is 0 Å². The quantitative estimate of drug-likeness (QED) is 0.629. The van der Waals surface area contributed by atoms with Gasteiger partial charge in [0.15, 0.2) is 0 Å². The molecule has 0 unspecified atom stereocenters. The van der Waals surface area contributed by atoms with E-state index in [1.165, 1.54) is 0 Å². The van der Waals surface area contributed by atoms with Crippen molar-refractivity contribution in [3.05, 3.63) is 0 Å². The second-order valence-electron chi connectivity index (χ2n) is 6.58. The molecule has 0 saturated heterocycles. The molecule has 2 aliphatic carbocycles. The molecule has 1 nitrogen and oxygen atoms in total. The van der Waals surface area contributed by atoms with E-state index in [0.29, 0.717) is 0 Å². The van der Waals surface area contributed by atoms with Crippen LogP contribution in [0.4, 0.5) is 26.3 Å². The van der Waals surface area contributed by atoms with Crippen LogP contribution in [0.3, 0.4) is 0 Å². The molecule has 2 saturated carbocycles. The highest BCUT2D eigenvalue weighted by molar-refractivity contribution is 5.83. The molecule has 2 rings (SSSR count). The number of alkyl halides is 6. The largest absolute Gasteiger partial charge is 0.391 e. The van der Waals surface area contributed by atoms with Gasteiger partial charge in [-0.1, -0.05) is 0 Å². The van der Waals surface area contributed by atoms with Crippen LogP contribution in [-0.4, -0.2) is 18.1 Å². The zero-order chi connectivity index (χ0) is 16.5. The van der Waals surface area contributed by atoms with E-state index in [9.17, 15) is 31.1 Å². The van der Waals surface area contributed by atoms with E-state index in [-0.39, 0.29) is 57.1 Å². The van der Waals surface area contributed by atoms with E-state index in [2.05, 4.69) is 0 Å². The van der Waals surface area contributed by atoms with Crippen molar-refractivity contribution in [1.82, 2.24) is 0 Å². The Labute approximate surface area is 125 Å². The Morgan fingerprint density at radius 3 is 1.09 bits per heavy atom. The Hall–Kier alpha value is -0.750. The zero-order valence-electron chi connectivity index (χ0n) is 12.1. The Balaban J connectivity index is 1.82. The summed E-state index contributed by atoms with van der Waals surface area (Å²) in [5.41, 5.74) is 0. The summed E-state index contributed by atoms with van der Waals surface area (Å²) in [6.07, 6.45) is -7.75. The molecule has 2 aliphatic rings.